The Morgan fingerprint density at radius 1 is 1.00 bits per heavy atom. The molecule has 1 saturated heterocycles. The Morgan fingerprint density at radius 2 is 1.85 bits per heavy atom. The molecule has 0 saturated carbocycles. The zero-order chi connectivity index (χ0) is 27.6. The second-order valence-electron chi connectivity index (χ2n) is 9.89. The van der Waals surface area contributed by atoms with Crippen molar-refractivity contribution in [2.24, 2.45) is 0 Å². The second kappa shape index (κ2) is 13.6. The van der Waals surface area contributed by atoms with Gasteiger partial charge in [0.15, 0.2) is 0 Å². The predicted molar refractivity (Wildman–Crippen MR) is 154 cm³/mol. The van der Waals surface area contributed by atoms with E-state index < -0.39 is 6.09 Å². The van der Waals surface area contributed by atoms with E-state index >= 15 is 0 Å². The Bertz CT molecular complexity index is 1370. The predicted octanol–water partition coefficient (Wildman–Crippen LogP) is 5.40. The minimum Gasteiger partial charge on any atom is -0.493 e. The van der Waals surface area contributed by atoms with Crippen LogP contribution in [0.2, 0.25) is 0 Å². The van der Waals surface area contributed by atoms with Gasteiger partial charge in [-0.2, -0.15) is 10.1 Å². The standard InChI is InChI=1S/C30H35N7O3/c38-30(39)37(23-25-9-4-8-24(20-25)22-36-18-6-13-32-36)28-12-14-31-29(34-28)33-26-10-5-11-27(21-26)40-19-7-17-35-15-2-1-3-16-35/h4-6,8-14,18,20-21H,1-3,7,15-17,19,22-23H2,(H,38,39)(H,31,33,34). The van der Waals surface area contributed by atoms with Crippen molar-refractivity contribution in [2.75, 3.05) is 36.5 Å². The lowest BCUT2D eigenvalue weighted by Gasteiger charge is -2.26. The highest BCUT2D eigenvalue weighted by molar-refractivity contribution is 5.84. The van der Waals surface area contributed by atoms with E-state index in [0.29, 0.717) is 19.1 Å². The molecule has 1 aliphatic rings. The third-order valence-corrected chi connectivity index (χ3v) is 6.81. The molecule has 1 amide bonds. The summed E-state index contributed by atoms with van der Waals surface area (Å²) in [5.41, 5.74) is 2.65. The molecule has 40 heavy (non-hydrogen) atoms. The van der Waals surface area contributed by atoms with Gasteiger partial charge in [0.1, 0.15) is 11.6 Å². The number of amides is 1. The van der Waals surface area contributed by atoms with Crippen LogP contribution in [-0.4, -0.2) is 62.1 Å². The summed E-state index contributed by atoms with van der Waals surface area (Å²) in [6.07, 6.45) is 9.00. The van der Waals surface area contributed by atoms with E-state index in [4.69, 9.17) is 4.74 Å². The fourth-order valence-electron chi connectivity index (χ4n) is 4.85. The zero-order valence-electron chi connectivity index (χ0n) is 22.5. The number of carbonyl (C=O) groups is 1. The first-order valence-electron chi connectivity index (χ1n) is 13.7. The minimum absolute atomic E-state index is 0.152. The van der Waals surface area contributed by atoms with Crippen LogP contribution >= 0.6 is 0 Å². The van der Waals surface area contributed by atoms with Gasteiger partial charge >= 0.3 is 6.09 Å². The number of rotatable bonds is 12. The molecule has 0 spiro atoms. The number of hydrogen-bond acceptors (Lipinski definition) is 7. The lowest BCUT2D eigenvalue weighted by molar-refractivity contribution is 0.201. The van der Waals surface area contributed by atoms with Crippen LogP contribution in [0.1, 0.15) is 36.8 Å². The van der Waals surface area contributed by atoms with E-state index in [1.807, 2.05) is 65.5 Å². The largest absolute Gasteiger partial charge is 0.493 e. The average Bonchev–Trinajstić information content (AvgIpc) is 3.48. The van der Waals surface area contributed by atoms with Crippen molar-refractivity contribution in [3.63, 3.8) is 0 Å². The number of ether oxygens (including phenoxy) is 1. The van der Waals surface area contributed by atoms with Crippen LogP contribution in [0.4, 0.5) is 22.2 Å². The summed E-state index contributed by atoms with van der Waals surface area (Å²) in [5.74, 6) is 1.35. The number of nitrogens with zero attached hydrogens (tertiary/aromatic N) is 6. The molecular formula is C30H35N7O3. The van der Waals surface area contributed by atoms with Gasteiger partial charge in [-0.1, -0.05) is 36.8 Å². The van der Waals surface area contributed by atoms with Crippen molar-refractivity contribution in [2.45, 2.75) is 38.8 Å². The van der Waals surface area contributed by atoms with Gasteiger partial charge < -0.3 is 20.1 Å². The molecule has 10 nitrogen and oxygen atoms in total. The molecular weight excluding hydrogens is 506 g/mol. The molecule has 1 fully saturated rings. The topological polar surface area (TPSA) is 109 Å². The van der Waals surface area contributed by atoms with E-state index in [1.54, 1.807) is 18.5 Å². The third-order valence-electron chi connectivity index (χ3n) is 6.81. The Hall–Kier alpha value is -4.44. The van der Waals surface area contributed by atoms with Crippen molar-refractivity contribution in [3.8, 4) is 5.75 Å². The first-order chi connectivity index (χ1) is 19.6. The zero-order valence-corrected chi connectivity index (χ0v) is 22.5. The highest BCUT2D eigenvalue weighted by Crippen LogP contribution is 2.22. The Labute approximate surface area is 234 Å². The maximum absolute atomic E-state index is 12.2. The summed E-state index contributed by atoms with van der Waals surface area (Å²) in [6.45, 7) is 4.86. The van der Waals surface area contributed by atoms with Crippen molar-refractivity contribution in [1.29, 1.82) is 0 Å². The molecule has 3 heterocycles. The number of piperidine rings is 1. The Kier molecular flexibility index (Phi) is 9.21. The van der Waals surface area contributed by atoms with Crippen LogP contribution in [-0.2, 0) is 13.1 Å². The van der Waals surface area contributed by atoms with Gasteiger partial charge in [0, 0.05) is 36.9 Å². The lowest BCUT2D eigenvalue weighted by atomic mass is 10.1. The summed E-state index contributed by atoms with van der Waals surface area (Å²) in [6, 6.07) is 18.9. The monoisotopic (exact) mass is 541 g/mol. The quantitative estimate of drug-likeness (QED) is 0.229. The van der Waals surface area contributed by atoms with Crippen LogP contribution < -0.4 is 15.0 Å². The molecule has 0 aliphatic carbocycles. The van der Waals surface area contributed by atoms with E-state index in [9.17, 15) is 9.90 Å². The van der Waals surface area contributed by atoms with Crippen LogP contribution in [0.5, 0.6) is 5.75 Å². The average molecular weight is 542 g/mol. The van der Waals surface area contributed by atoms with Crippen molar-refractivity contribution in [1.82, 2.24) is 24.6 Å². The van der Waals surface area contributed by atoms with Crippen LogP contribution in [0, 0.1) is 0 Å². The van der Waals surface area contributed by atoms with Crippen molar-refractivity contribution < 1.29 is 14.6 Å². The van der Waals surface area contributed by atoms with E-state index in [2.05, 4.69) is 25.3 Å². The number of benzene rings is 2. The number of hydrogen-bond donors (Lipinski definition) is 2. The van der Waals surface area contributed by atoms with Crippen molar-refractivity contribution in [3.05, 3.63) is 90.4 Å². The summed E-state index contributed by atoms with van der Waals surface area (Å²) < 4.78 is 7.80. The third kappa shape index (κ3) is 7.79. The first-order valence-corrected chi connectivity index (χ1v) is 13.7. The second-order valence-corrected chi connectivity index (χ2v) is 9.89. The number of aromatic nitrogens is 4. The van der Waals surface area contributed by atoms with Gasteiger partial charge in [0.05, 0.1) is 19.7 Å². The molecule has 1 aliphatic heterocycles. The molecule has 2 aromatic heterocycles. The Morgan fingerprint density at radius 3 is 2.67 bits per heavy atom. The fourth-order valence-corrected chi connectivity index (χ4v) is 4.85. The van der Waals surface area contributed by atoms with Crippen molar-refractivity contribution >= 4 is 23.5 Å². The molecule has 2 aromatic carbocycles. The normalized spacial score (nSPS) is 13.6. The molecule has 0 bridgehead atoms. The van der Waals surface area contributed by atoms with Gasteiger partial charge in [0.2, 0.25) is 5.95 Å². The number of anilines is 3. The van der Waals surface area contributed by atoms with E-state index in [-0.39, 0.29) is 12.4 Å². The van der Waals surface area contributed by atoms with Crippen LogP contribution in [0.25, 0.3) is 0 Å². The van der Waals surface area contributed by atoms with Gasteiger partial charge in [-0.15, -0.1) is 0 Å². The summed E-state index contributed by atoms with van der Waals surface area (Å²) in [7, 11) is 0. The molecule has 0 unspecified atom stereocenters. The molecule has 208 valence electrons. The molecule has 0 radical (unpaired) electrons. The molecule has 5 rings (SSSR count). The highest BCUT2D eigenvalue weighted by Gasteiger charge is 2.18. The molecule has 4 aromatic rings. The summed E-state index contributed by atoms with van der Waals surface area (Å²) in [4.78, 5) is 24.7. The number of nitrogens with one attached hydrogen (secondary N) is 1. The maximum atomic E-state index is 12.2. The SMILES string of the molecule is O=C(O)N(Cc1cccc(Cn2cccn2)c1)c1ccnc(Nc2cccc(OCCCN3CCCCC3)c2)n1. The van der Waals surface area contributed by atoms with E-state index in [0.717, 1.165) is 35.5 Å². The molecule has 10 heteroatoms. The fraction of sp³-hybridized carbons (Fsp3) is 0.333. The summed E-state index contributed by atoms with van der Waals surface area (Å²) in [5, 5.41) is 17.4. The van der Waals surface area contributed by atoms with Gasteiger partial charge in [-0.25, -0.2) is 9.78 Å². The van der Waals surface area contributed by atoms with Gasteiger partial charge in [-0.05, 0) is 67.7 Å². The van der Waals surface area contributed by atoms with E-state index in [1.165, 1.54) is 37.3 Å². The highest BCUT2D eigenvalue weighted by atomic mass is 16.5. The number of likely N-dealkylation sites (tertiary alicyclic amines) is 1. The first kappa shape index (κ1) is 27.1. The van der Waals surface area contributed by atoms with Crippen LogP contribution in [0.3, 0.4) is 0 Å². The smallest absolute Gasteiger partial charge is 0.413 e. The van der Waals surface area contributed by atoms with Gasteiger partial charge in [0.25, 0.3) is 0 Å². The Balaban J connectivity index is 1.20. The minimum atomic E-state index is -1.10. The van der Waals surface area contributed by atoms with Gasteiger partial charge in [-0.3, -0.25) is 9.58 Å². The molecule has 0 atom stereocenters. The van der Waals surface area contributed by atoms with Crippen LogP contribution in [0.15, 0.2) is 79.3 Å². The maximum Gasteiger partial charge on any atom is 0.413 e. The molecule has 2 N–H and O–H groups in total. The summed E-state index contributed by atoms with van der Waals surface area (Å²) >= 11 is 0. The number of carboxylic acid groups (broad SMARTS) is 1. The lowest BCUT2D eigenvalue weighted by Crippen LogP contribution is -2.31.